The maximum Gasteiger partial charge on any atom is 0.234 e. The van der Waals surface area contributed by atoms with Crippen LogP contribution in [0.2, 0.25) is 0 Å². The number of carbonyl (C=O) groups excluding carboxylic acids is 1. The number of para-hydroxylation sites is 1. The molecule has 0 aliphatic heterocycles. The minimum atomic E-state index is -0.0468. The summed E-state index contributed by atoms with van der Waals surface area (Å²) in [5.41, 5.74) is 4.35. The molecule has 136 valence electrons. The molecule has 2 aromatic heterocycles. The Morgan fingerprint density at radius 1 is 1.27 bits per heavy atom. The number of thioether (sulfide) groups is 1. The lowest BCUT2D eigenvalue weighted by molar-refractivity contribution is -0.113. The van der Waals surface area contributed by atoms with Gasteiger partial charge < -0.3 is 9.88 Å². The summed E-state index contributed by atoms with van der Waals surface area (Å²) in [6.07, 6.45) is 0.971. The van der Waals surface area contributed by atoms with Crippen molar-refractivity contribution in [3.8, 4) is 11.4 Å². The highest BCUT2D eigenvalue weighted by Crippen LogP contribution is 2.32. The van der Waals surface area contributed by atoms with E-state index in [9.17, 15) is 4.79 Å². The molecule has 7 heteroatoms. The highest BCUT2D eigenvalue weighted by Gasteiger charge is 2.17. The number of benzene rings is 1. The molecule has 0 atom stereocenters. The number of hydrogen-bond donors (Lipinski definition) is 1. The summed E-state index contributed by atoms with van der Waals surface area (Å²) in [6.45, 7) is 6.27. The molecule has 0 bridgehead atoms. The number of anilines is 1. The molecule has 0 aliphatic carbocycles. The predicted octanol–water partition coefficient (Wildman–Crippen LogP) is 4.45. The van der Waals surface area contributed by atoms with Gasteiger partial charge >= 0.3 is 0 Å². The number of aromatic nitrogens is 3. The van der Waals surface area contributed by atoms with Crippen molar-refractivity contribution in [1.29, 1.82) is 0 Å². The first-order valence-electron chi connectivity index (χ1n) is 8.46. The summed E-state index contributed by atoms with van der Waals surface area (Å²) >= 11 is 3.13. The smallest absolute Gasteiger partial charge is 0.234 e. The highest BCUT2D eigenvalue weighted by atomic mass is 32.2. The van der Waals surface area contributed by atoms with Crippen LogP contribution in [0.3, 0.4) is 0 Å². The second-order valence-corrected chi connectivity index (χ2v) is 8.08. The van der Waals surface area contributed by atoms with Gasteiger partial charge in [-0.1, -0.05) is 36.9 Å². The number of carbonyl (C=O) groups is 1. The molecule has 0 saturated carbocycles. The van der Waals surface area contributed by atoms with Crippen LogP contribution in [0.4, 0.5) is 5.69 Å². The molecule has 0 radical (unpaired) electrons. The van der Waals surface area contributed by atoms with Crippen LogP contribution >= 0.6 is 23.1 Å². The molecule has 2 heterocycles. The first-order chi connectivity index (χ1) is 12.5. The van der Waals surface area contributed by atoms with Gasteiger partial charge in [0.25, 0.3) is 0 Å². The summed E-state index contributed by atoms with van der Waals surface area (Å²) in [4.78, 5) is 13.6. The molecule has 5 nitrogen and oxygen atoms in total. The lowest BCUT2D eigenvalue weighted by Crippen LogP contribution is -2.15. The fourth-order valence-corrected chi connectivity index (χ4v) is 4.46. The van der Waals surface area contributed by atoms with E-state index in [0.29, 0.717) is 5.75 Å². The van der Waals surface area contributed by atoms with E-state index in [1.165, 1.54) is 22.2 Å². The molecule has 3 aromatic rings. The number of rotatable bonds is 6. The Balaban J connectivity index is 1.69. The third kappa shape index (κ3) is 3.83. The van der Waals surface area contributed by atoms with E-state index in [0.717, 1.165) is 34.2 Å². The second kappa shape index (κ2) is 8.05. The normalized spacial score (nSPS) is 10.9. The summed E-state index contributed by atoms with van der Waals surface area (Å²) in [6, 6.07) is 7.76. The van der Waals surface area contributed by atoms with Gasteiger partial charge in [-0.15, -0.1) is 21.5 Å². The summed E-state index contributed by atoms with van der Waals surface area (Å²) in [5, 5.41) is 14.4. The van der Waals surface area contributed by atoms with Crippen molar-refractivity contribution in [3.63, 3.8) is 0 Å². The van der Waals surface area contributed by atoms with Crippen molar-refractivity contribution in [2.75, 3.05) is 11.1 Å². The largest absolute Gasteiger partial charge is 0.325 e. The number of amides is 1. The maximum absolute atomic E-state index is 12.2. The lowest BCUT2D eigenvalue weighted by atomic mass is 10.1. The van der Waals surface area contributed by atoms with Gasteiger partial charge in [0, 0.05) is 28.6 Å². The number of thiophene rings is 1. The zero-order chi connectivity index (χ0) is 18.7. The quantitative estimate of drug-likeness (QED) is 0.636. The minimum Gasteiger partial charge on any atom is -0.325 e. The molecular weight excluding hydrogens is 364 g/mol. The van der Waals surface area contributed by atoms with E-state index in [-0.39, 0.29) is 5.91 Å². The first kappa shape index (κ1) is 18.7. The third-order valence-corrected chi connectivity index (χ3v) is 6.26. The third-order valence-electron chi connectivity index (χ3n) is 4.28. The topological polar surface area (TPSA) is 59.8 Å². The molecule has 1 amide bonds. The number of hydrogen-bond acceptors (Lipinski definition) is 5. The van der Waals surface area contributed by atoms with Crippen molar-refractivity contribution < 1.29 is 4.79 Å². The van der Waals surface area contributed by atoms with Crippen molar-refractivity contribution in [2.24, 2.45) is 7.05 Å². The minimum absolute atomic E-state index is 0.0468. The Hall–Kier alpha value is -2.12. The van der Waals surface area contributed by atoms with Crippen molar-refractivity contribution in [2.45, 2.75) is 32.3 Å². The van der Waals surface area contributed by atoms with E-state index < -0.39 is 0 Å². The van der Waals surface area contributed by atoms with Crippen LogP contribution in [0.1, 0.15) is 22.9 Å². The molecule has 0 aliphatic rings. The SMILES string of the molecule is CCc1c(-c2nnc(SCC(=O)Nc3ccccc3C)n2C)csc1C. The lowest BCUT2D eigenvalue weighted by Gasteiger charge is -2.08. The summed E-state index contributed by atoms with van der Waals surface area (Å²) < 4.78 is 1.96. The van der Waals surface area contributed by atoms with E-state index in [1.807, 2.05) is 42.8 Å². The Kier molecular flexibility index (Phi) is 5.78. The fraction of sp³-hybridized carbons (Fsp3) is 0.316. The maximum atomic E-state index is 12.2. The van der Waals surface area contributed by atoms with Crippen LogP contribution in [-0.2, 0) is 18.3 Å². The van der Waals surface area contributed by atoms with Gasteiger partial charge in [-0.25, -0.2) is 0 Å². The zero-order valence-electron chi connectivity index (χ0n) is 15.4. The summed E-state index contributed by atoms with van der Waals surface area (Å²) in [5.74, 6) is 1.10. The first-order valence-corrected chi connectivity index (χ1v) is 10.3. The molecule has 0 fully saturated rings. The second-order valence-electron chi connectivity index (χ2n) is 6.05. The van der Waals surface area contributed by atoms with Crippen molar-refractivity contribution in [3.05, 3.63) is 45.6 Å². The van der Waals surface area contributed by atoms with Gasteiger partial charge in [-0.05, 0) is 37.5 Å². The Morgan fingerprint density at radius 2 is 2.04 bits per heavy atom. The average Bonchev–Trinajstić information content (AvgIpc) is 3.17. The van der Waals surface area contributed by atoms with Crippen molar-refractivity contribution >= 4 is 34.7 Å². The highest BCUT2D eigenvalue weighted by molar-refractivity contribution is 7.99. The Labute approximate surface area is 161 Å². The van der Waals surface area contributed by atoms with E-state index in [4.69, 9.17) is 0 Å². The number of nitrogens with one attached hydrogen (secondary N) is 1. The fourth-order valence-electron chi connectivity index (χ4n) is 2.81. The van der Waals surface area contributed by atoms with Gasteiger partial charge in [0.15, 0.2) is 11.0 Å². The van der Waals surface area contributed by atoms with Gasteiger partial charge in [-0.2, -0.15) is 0 Å². The van der Waals surface area contributed by atoms with E-state index in [1.54, 1.807) is 11.3 Å². The molecule has 0 spiro atoms. The van der Waals surface area contributed by atoms with Crippen LogP contribution in [0.5, 0.6) is 0 Å². The van der Waals surface area contributed by atoms with Crippen LogP contribution < -0.4 is 5.32 Å². The van der Waals surface area contributed by atoms with Gasteiger partial charge in [0.2, 0.25) is 5.91 Å². The molecule has 3 rings (SSSR count). The number of nitrogens with zero attached hydrogens (tertiary/aromatic N) is 3. The van der Waals surface area contributed by atoms with Crippen LogP contribution in [0.15, 0.2) is 34.8 Å². The Morgan fingerprint density at radius 3 is 2.77 bits per heavy atom. The monoisotopic (exact) mass is 386 g/mol. The van der Waals surface area contributed by atoms with E-state index in [2.05, 4.69) is 34.7 Å². The molecule has 0 unspecified atom stereocenters. The molecule has 1 N–H and O–H groups in total. The zero-order valence-corrected chi connectivity index (χ0v) is 17.0. The molecular formula is C19H22N4OS2. The predicted molar refractivity (Wildman–Crippen MR) is 109 cm³/mol. The van der Waals surface area contributed by atoms with Crippen molar-refractivity contribution in [1.82, 2.24) is 14.8 Å². The van der Waals surface area contributed by atoms with Crippen LogP contribution in [-0.4, -0.2) is 26.4 Å². The van der Waals surface area contributed by atoms with Crippen LogP contribution in [0, 0.1) is 13.8 Å². The number of aryl methyl sites for hydroxylation is 2. The van der Waals surface area contributed by atoms with Gasteiger partial charge in [-0.3, -0.25) is 4.79 Å². The summed E-state index contributed by atoms with van der Waals surface area (Å²) in [7, 11) is 1.95. The Bertz CT molecular complexity index is 930. The molecule has 0 saturated heterocycles. The van der Waals surface area contributed by atoms with Crippen LogP contribution in [0.25, 0.3) is 11.4 Å². The van der Waals surface area contributed by atoms with Gasteiger partial charge in [0.05, 0.1) is 5.75 Å². The molecule has 1 aromatic carbocycles. The average molecular weight is 387 g/mol. The standard InChI is InChI=1S/C19H22N4OS2/c1-5-14-13(3)25-10-15(14)18-21-22-19(23(18)4)26-11-17(24)20-16-9-7-6-8-12(16)2/h6-10H,5,11H2,1-4H3,(H,20,24). The van der Waals surface area contributed by atoms with E-state index >= 15 is 0 Å². The van der Waals surface area contributed by atoms with Gasteiger partial charge in [0.1, 0.15) is 0 Å². The molecule has 26 heavy (non-hydrogen) atoms.